The first-order chi connectivity index (χ1) is 22.0. The average molecular weight is 643 g/mol. The van der Waals surface area contributed by atoms with E-state index in [9.17, 15) is 14.4 Å². The van der Waals surface area contributed by atoms with Crippen LogP contribution >= 0.6 is 0 Å². The van der Waals surface area contributed by atoms with Crippen LogP contribution in [0.5, 0.6) is 0 Å². The second-order valence-corrected chi connectivity index (χ2v) is 12.7. The fourth-order valence-electron chi connectivity index (χ4n) is 5.34. The van der Waals surface area contributed by atoms with E-state index in [2.05, 4.69) is 6.92 Å². The van der Waals surface area contributed by atoms with E-state index in [0.717, 1.165) is 89.9 Å². The van der Waals surface area contributed by atoms with Gasteiger partial charge in [0, 0.05) is 32.5 Å². The molecule has 0 bridgehead atoms. The number of carbonyl (C=O) groups excluding carboxylic acids is 3. The molecule has 1 unspecified atom stereocenters. The molecule has 0 saturated heterocycles. The van der Waals surface area contributed by atoms with Gasteiger partial charge in [0.1, 0.15) is 13.2 Å². The summed E-state index contributed by atoms with van der Waals surface area (Å²) >= 11 is 0. The maximum atomic E-state index is 12.5. The Morgan fingerprint density at radius 2 is 0.711 bits per heavy atom. The SMILES string of the molecule is CCCCCCCCCCCCCCCC(=O)OCC(COC(=O)CCCCCCCCO)OC(=O)CCCCCCCCO. The molecule has 8 nitrogen and oxygen atoms in total. The van der Waals surface area contributed by atoms with Gasteiger partial charge < -0.3 is 24.4 Å². The number of carbonyl (C=O) groups is 3. The van der Waals surface area contributed by atoms with Crippen LogP contribution in [0.2, 0.25) is 0 Å². The van der Waals surface area contributed by atoms with Crippen LogP contribution in [0.15, 0.2) is 0 Å². The number of hydrogen-bond donors (Lipinski definition) is 2. The van der Waals surface area contributed by atoms with Crippen LogP contribution in [0.3, 0.4) is 0 Å². The van der Waals surface area contributed by atoms with Crippen molar-refractivity contribution in [3.63, 3.8) is 0 Å². The van der Waals surface area contributed by atoms with Crippen molar-refractivity contribution in [3.8, 4) is 0 Å². The second-order valence-electron chi connectivity index (χ2n) is 12.7. The van der Waals surface area contributed by atoms with E-state index < -0.39 is 6.10 Å². The molecule has 0 saturated carbocycles. The molecule has 45 heavy (non-hydrogen) atoms. The topological polar surface area (TPSA) is 119 Å². The number of unbranched alkanes of at least 4 members (excludes halogenated alkanes) is 22. The maximum absolute atomic E-state index is 12.5. The predicted octanol–water partition coefficient (Wildman–Crippen LogP) is 8.91. The van der Waals surface area contributed by atoms with Crippen LogP contribution in [-0.4, -0.2) is 60.7 Å². The van der Waals surface area contributed by atoms with Crippen LogP contribution in [0, 0.1) is 0 Å². The zero-order valence-electron chi connectivity index (χ0n) is 29.0. The van der Waals surface area contributed by atoms with E-state index >= 15 is 0 Å². The number of ether oxygens (including phenoxy) is 3. The maximum Gasteiger partial charge on any atom is 0.306 e. The monoisotopic (exact) mass is 643 g/mol. The first-order valence-corrected chi connectivity index (χ1v) is 18.8. The number of rotatable bonds is 35. The zero-order valence-corrected chi connectivity index (χ0v) is 29.0. The molecule has 0 aliphatic carbocycles. The van der Waals surface area contributed by atoms with Gasteiger partial charge in [-0.2, -0.15) is 0 Å². The normalized spacial score (nSPS) is 11.8. The van der Waals surface area contributed by atoms with Crippen molar-refractivity contribution in [2.75, 3.05) is 26.4 Å². The highest BCUT2D eigenvalue weighted by Crippen LogP contribution is 2.14. The van der Waals surface area contributed by atoms with Gasteiger partial charge in [-0.05, 0) is 32.1 Å². The van der Waals surface area contributed by atoms with Gasteiger partial charge in [-0.3, -0.25) is 14.4 Å². The van der Waals surface area contributed by atoms with Crippen LogP contribution in [0.1, 0.15) is 187 Å². The standard InChI is InChI=1S/C37H70O8/c1-2-3-4-5-6-7-8-9-10-11-12-17-22-27-35(40)43-32-34(45-37(42)29-24-19-14-16-21-26-31-39)33-44-36(41)28-23-18-13-15-20-25-30-38/h34,38-39H,2-33H2,1H3. The molecule has 2 N–H and O–H groups in total. The molecule has 0 aromatic heterocycles. The quantitative estimate of drug-likeness (QED) is 0.0400. The Morgan fingerprint density at radius 3 is 1.04 bits per heavy atom. The Labute approximate surface area is 275 Å². The van der Waals surface area contributed by atoms with Crippen molar-refractivity contribution in [2.45, 2.75) is 193 Å². The minimum absolute atomic E-state index is 0.109. The molecule has 0 fully saturated rings. The number of esters is 3. The Kier molecular flexibility index (Phi) is 33.9. The van der Waals surface area contributed by atoms with E-state index in [4.69, 9.17) is 24.4 Å². The van der Waals surface area contributed by atoms with Gasteiger partial charge >= 0.3 is 17.9 Å². The molecule has 0 spiro atoms. The van der Waals surface area contributed by atoms with Crippen LogP contribution < -0.4 is 0 Å². The van der Waals surface area contributed by atoms with Gasteiger partial charge in [0.05, 0.1) is 0 Å². The Hall–Kier alpha value is -1.67. The summed E-state index contributed by atoms with van der Waals surface area (Å²) in [5.41, 5.74) is 0. The molecule has 0 aromatic carbocycles. The molecular formula is C37H70O8. The van der Waals surface area contributed by atoms with Gasteiger partial charge in [-0.1, -0.05) is 135 Å². The van der Waals surface area contributed by atoms with E-state index in [1.807, 2.05) is 0 Å². The Balaban J connectivity index is 4.25. The molecule has 0 heterocycles. The predicted molar refractivity (Wildman–Crippen MR) is 181 cm³/mol. The summed E-state index contributed by atoms with van der Waals surface area (Å²) in [4.78, 5) is 37.1. The molecule has 0 rings (SSSR count). The highest BCUT2D eigenvalue weighted by Gasteiger charge is 2.19. The molecule has 0 amide bonds. The van der Waals surface area contributed by atoms with E-state index in [1.165, 1.54) is 64.2 Å². The van der Waals surface area contributed by atoms with Crippen molar-refractivity contribution in [2.24, 2.45) is 0 Å². The van der Waals surface area contributed by atoms with E-state index in [0.29, 0.717) is 19.3 Å². The van der Waals surface area contributed by atoms with Gasteiger partial charge in [-0.25, -0.2) is 0 Å². The minimum Gasteiger partial charge on any atom is -0.462 e. The highest BCUT2D eigenvalue weighted by molar-refractivity contribution is 5.71. The molecule has 266 valence electrons. The fourth-order valence-corrected chi connectivity index (χ4v) is 5.34. The highest BCUT2D eigenvalue weighted by atomic mass is 16.6. The van der Waals surface area contributed by atoms with E-state index in [1.54, 1.807) is 0 Å². The van der Waals surface area contributed by atoms with Gasteiger partial charge in [0.15, 0.2) is 6.10 Å². The molecule has 0 aromatic rings. The molecule has 0 aliphatic heterocycles. The summed E-state index contributed by atoms with van der Waals surface area (Å²) in [6.07, 6.45) is 27.2. The number of aliphatic hydroxyl groups excluding tert-OH is 2. The summed E-state index contributed by atoms with van der Waals surface area (Å²) in [7, 11) is 0. The summed E-state index contributed by atoms with van der Waals surface area (Å²) in [5, 5.41) is 17.7. The minimum atomic E-state index is -0.805. The zero-order chi connectivity index (χ0) is 33.1. The van der Waals surface area contributed by atoms with E-state index in [-0.39, 0.29) is 50.8 Å². The van der Waals surface area contributed by atoms with Crippen molar-refractivity contribution in [1.82, 2.24) is 0 Å². The summed E-state index contributed by atoms with van der Waals surface area (Å²) in [6.45, 7) is 2.46. The lowest BCUT2D eigenvalue weighted by Gasteiger charge is -2.18. The third-order valence-electron chi connectivity index (χ3n) is 8.22. The molecule has 0 aliphatic rings. The van der Waals surface area contributed by atoms with Crippen LogP contribution in [0.4, 0.5) is 0 Å². The first-order valence-electron chi connectivity index (χ1n) is 18.8. The average Bonchev–Trinajstić information content (AvgIpc) is 3.03. The van der Waals surface area contributed by atoms with Gasteiger partial charge in [-0.15, -0.1) is 0 Å². The molecule has 0 radical (unpaired) electrons. The Morgan fingerprint density at radius 1 is 0.422 bits per heavy atom. The molecule has 8 heteroatoms. The summed E-state index contributed by atoms with van der Waals surface area (Å²) in [6, 6.07) is 0. The van der Waals surface area contributed by atoms with Crippen molar-refractivity contribution >= 4 is 17.9 Å². The lowest BCUT2D eigenvalue weighted by atomic mass is 10.0. The third kappa shape index (κ3) is 33.5. The molecule has 1 atom stereocenters. The number of hydrogen-bond acceptors (Lipinski definition) is 8. The number of aliphatic hydroxyl groups is 2. The van der Waals surface area contributed by atoms with Gasteiger partial charge in [0.2, 0.25) is 0 Å². The van der Waals surface area contributed by atoms with Crippen molar-refractivity contribution < 1.29 is 38.8 Å². The second kappa shape index (κ2) is 35.2. The summed E-state index contributed by atoms with van der Waals surface area (Å²) in [5.74, 6) is -1.02. The lowest BCUT2D eigenvalue weighted by molar-refractivity contribution is -0.167. The van der Waals surface area contributed by atoms with Crippen molar-refractivity contribution in [3.05, 3.63) is 0 Å². The summed E-state index contributed by atoms with van der Waals surface area (Å²) < 4.78 is 16.4. The third-order valence-corrected chi connectivity index (χ3v) is 8.22. The fraction of sp³-hybridized carbons (Fsp3) is 0.919. The van der Waals surface area contributed by atoms with Gasteiger partial charge in [0.25, 0.3) is 0 Å². The smallest absolute Gasteiger partial charge is 0.306 e. The Bertz CT molecular complexity index is 669. The molecular weight excluding hydrogens is 572 g/mol. The van der Waals surface area contributed by atoms with Crippen molar-refractivity contribution in [1.29, 1.82) is 0 Å². The van der Waals surface area contributed by atoms with Crippen LogP contribution in [0.25, 0.3) is 0 Å². The van der Waals surface area contributed by atoms with Crippen LogP contribution in [-0.2, 0) is 28.6 Å². The largest absolute Gasteiger partial charge is 0.462 e. The first kappa shape index (κ1) is 43.3. The lowest BCUT2D eigenvalue weighted by Crippen LogP contribution is -2.30.